The standard InChI is InChI=1S/C14H14F2N2O2S/c1-9(13-6-3-10(15)8-17-13)18-14-7-11(21(2,19)20)4-5-12(14)16/h3-9,18H,1-2H3. The SMILES string of the molecule is CC(Nc1cc(S(C)(=O)=O)ccc1F)c1ccc(F)cn1. The van der Waals surface area contributed by atoms with E-state index < -0.39 is 27.5 Å². The Labute approximate surface area is 121 Å². The van der Waals surface area contributed by atoms with E-state index in [-0.39, 0.29) is 10.6 Å². The highest BCUT2D eigenvalue weighted by Crippen LogP contribution is 2.23. The van der Waals surface area contributed by atoms with Crippen molar-refractivity contribution in [1.82, 2.24) is 4.98 Å². The van der Waals surface area contributed by atoms with Crippen LogP contribution in [-0.4, -0.2) is 19.7 Å². The van der Waals surface area contributed by atoms with Gasteiger partial charge >= 0.3 is 0 Å². The number of hydrogen-bond donors (Lipinski definition) is 1. The largest absolute Gasteiger partial charge is 0.375 e. The third kappa shape index (κ3) is 3.75. The molecule has 0 aliphatic heterocycles. The number of hydrogen-bond acceptors (Lipinski definition) is 4. The van der Waals surface area contributed by atoms with Gasteiger partial charge in [0.25, 0.3) is 0 Å². The molecule has 0 radical (unpaired) electrons. The van der Waals surface area contributed by atoms with Gasteiger partial charge in [-0.05, 0) is 37.3 Å². The van der Waals surface area contributed by atoms with Crippen molar-refractivity contribution in [2.75, 3.05) is 11.6 Å². The Hall–Kier alpha value is -2.02. The first-order valence-electron chi connectivity index (χ1n) is 6.15. The minimum Gasteiger partial charge on any atom is -0.375 e. The summed E-state index contributed by atoms with van der Waals surface area (Å²) in [6.45, 7) is 1.72. The molecule has 1 atom stereocenters. The molecule has 1 heterocycles. The molecule has 0 saturated heterocycles. The zero-order valence-electron chi connectivity index (χ0n) is 11.5. The Kier molecular flexibility index (Phi) is 4.22. The van der Waals surface area contributed by atoms with E-state index in [4.69, 9.17) is 0 Å². The van der Waals surface area contributed by atoms with E-state index in [0.29, 0.717) is 5.69 Å². The number of halogens is 2. The molecule has 0 aliphatic carbocycles. The lowest BCUT2D eigenvalue weighted by molar-refractivity contribution is 0.600. The van der Waals surface area contributed by atoms with Gasteiger partial charge in [-0.15, -0.1) is 0 Å². The molecular weight excluding hydrogens is 298 g/mol. The number of sulfone groups is 1. The van der Waals surface area contributed by atoms with E-state index in [1.54, 1.807) is 6.92 Å². The molecule has 21 heavy (non-hydrogen) atoms. The molecule has 7 heteroatoms. The molecule has 112 valence electrons. The molecule has 1 N–H and O–H groups in total. The van der Waals surface area contributed by atoms with Crippen LogP contribution in [0.25, 0.3) is 0 Å². The Morgan fingerprint density at radius 2 is 1.90 bits per heavy atom. The first-order valence-corrected chi connectivity index (χ1v) is 8.04. The van der Waals surface area contributed by atoms with Crippen LogP contribution in [0.3, 0.4) is 0 Å². The lowest BCUT2D eigenvalue weighted by Crippen LogP contribution is -2.10. The summed E-state index contributed by atoms with van der Waals surface area (Å²) in [5, 5.41) is 2.83. The van der Waals surface area contributed by atoms with Gasteiger partial charge in [-0.3, -0.25) is 4.98 Å². The number of pyridine rings is 1. The number of nitrogens with zero attached hydrogens (tertiary/aromatic N) is 1. The molecular formula is C14H14F2N2O2S. The van der Waals surface area contributed by atoms with E-state index in [9.17, 15) is 17.2 Å². The number of rotatable bonds is 4. The van der Waals surface area contributed by atoms with Crippen molar-refractivity contribution in [1.29, 1.82) is 0 Å². The molecule has 0 fully saturated rings. The van der Waals surface area contributed by atoms with Gasteiger partial charge in [-0.2, -0.15) is 0 Å². The van der Waals surface area contributed by atoms with Gasteiger partial charge < -0.3 is 5.32 Å². The second kappa shape index (κ2) is 5.77. The van der Waals surface area contributed by atoms with Crippen LogP contribution in [0.1, 0.15) is 18.7 Å². The van der Waals surface area contributed by atoms with Gasteiger partial charge in [0, 0.05) is 6.26 Å². The molecule has 2 aromatic rings. The molecule has 0 spiro atoms. The monoisotopic (exact) mass is 312 g/mol. The van der Waals surface area contributed by atoms with Crippen LogP contribution in [0.15, 0.2) is 41.4 Å². The minimum atomic E-state index is -3.42. The summed E-state index contributed by atoms with van der Waals surface area (Å²) >= 11 is 0. The predicted octanol–water partition coefficient (Wildman–Crippen LogP) is 2.94. The second-order valence-electron chi connectivity index (χ2n) is 4.68. The summed E-state index contributed by atoms with van der Waals surface area (Å²) in [5.74, 6) is -1.03. The molecule has 1 unspecified atom stereocenters. The van der Waals surface area contributed by atoms with E-state index >= 15 is 0 Å². The predicted molar refractivity (Wildman–Crippen MR) is 75.7 cm³/mol. The van der Waals surface area contributed by atoms with E-state index in [1.165, 1.54) is 24.3 Å². The topological polar surface area (TPSA) is 59.1 Å². The van der Waals surface area contributed by atoms with E-state index in [2.05, 4.69) is 10.3 Å². The first kappa shape index (κ1) is 15.4. The van der Waals surface area contributed by atoms with Crippen molar-refractivity contribution in [2.24, 2.45) is 0 Å². The molecule has 2 rings (SSSR count). The third-order valence-electron chi connectivity index (χ3n) is 2.93. The van der Waals surface area contributed by atoms with Crippen LogP contribution in [0.2, 0.25) is 0 Å². The van der Waals surface area contributed by atoms with Crippen molar-refractivity contribution in [2.45, 2.75) is 17.9 Å². The maximum atomic E-state index is 13.8. The smallest absolute Gasteiger partial charge is 0.175 e. The fourth-order valence-corrected chi connectivity index (χ4v) is 2.44. The van der Waals surface area contributed by atoms with Crippen molar-refractivity contribution in [3.8, 4) is 0 Å². The van der Waals surface area contributed by atoms with Gasteiger partial charge in [0.15, 0.2) is 9.84 Å². The Morgan fingerprint density at radius 3 is 2.48 bits per heavy atom. The number of anilines is 1. The normalized spacial score (nSPS) is 13.0. The molecule has 0 aliphatic rings. The summed E-state index contributed by atoms with van der Waals surface area (Å²) in [4.78, 5) is 3.92. The van der Waals surface area contributed by atoms with E-state index in [1.807, 2.05) is 0 Å². The molecule has 0 saturated carbocycles. The van der Waals surface area contributed by atoms with Crippen molar-refractivity contribution in [3.05, 3.63) is 53.9 Å². The fraction of sp³-hybridized carbons (Fsp3) is 0.214. The number of nitrogens with one attached hydrogen (secondary N) is 1. The lowest BCUT2D eigenvalue weighted by atomic mass is 10.2. The average Bonchev–Trinajstić information content (AvgIpc) is 2.40. The summed E-state index contributed by atoms with van der Waals surface area (Å²) in [5.41, 5.74) is 0.567. The zero-order valence-corrected chi connectivity index (χ0v) is 12.3. The van der Waals surface area contributed by atoms with Gasteiger partial charge in [0.1, 0.15) is 11.6 Å². The highest BCUT2D eigenvalue weighted by atomic mass is 32.2. The quantitative estimate of drug-likeness (QED) is 0.882. The lowest BCUT2D eigenvalue weighted by Gasteiger charge is -2.16. The summed E-state index contributed by atoms with van der Waals surface area (Å²) in [6.07, 6.45) is 2.12. The van der Waals surface area contributed by atoms with Gasteiger partial charge in [0.05, 0.1) is 28.5 Å². The molecule has 1 aromatic carbocycles. The molecule has 1 aromatic heterocycles. The van der Waals surface area contributed by atoms with Crippen molar-refractivity contribution >= 4 is 15.5 Å². The molecule has 0 bridgehead atoms. The van der Waals surface area contributed by atoms with Gasteiger partial charge in [0.2, 0.25) is 0 Å². The zero-order chi connectivity index (χ0) is 15.6. The second-order valence-corrected chi connectivity index (χ2v) is 6.70. The third-order valence-corrected chi connectivity index (χ3v) is 4.04. The van der Waals surface area contributed by atoms with Crippen molar-refractivity contribution in [3.63, 3.8) is 0 Å². The van der Waals surface area contributed by atoms with Crippen LogP contribution in [0, 0.1) is 11.6 Å². The Morgan fingerprint density at radius 1 is 1.19 bits per heavy atom. The Bertz CT molecular complexity index is 746. The maximum Gasteiger partial charge on any atom is 0.175 e. The van der Waals surface area contributed by atoms with Crippen LogP contribution in [0.4, 0.5) is 14.5 Å². The highest BCUT2D eigenvalue weighted by Gasteiger charge is 2.14. The van der Waals surface area contributed by atoms with E-state index in [0.717, 1.165) is 18.5 Å². The van der Waals surface area contributed by atoms with Crippen LogP contribution in [-0.2, 0) is 9.84 Å². The summed E-state index contributed by atoms with van der Waals surface area (Å²) in [7, 11) is -3.42. The van der Waals surface area contributed by atoms with Gasteiger partial charge in [-0.1, -0.05) is 0 Å². The first-order chi connectivity index (χ1) is 9.77. The summed E-state index contributed by atoms with van der Waals surface area (Å²) < 4.78 is 49.5. The average molecular weight is 312 g/mol. The van der Waals surface area contributed by atoms with Crippen LogP contribution in [0.5, 0.6) is 0 Å². The van der Waals surface area contributed by atoms with Crippen molar-refractivity contribution < 1.29 is 17.2 Å². The van der Waals surface area contributed by atoms with Crippen LogP contribution < -0.4 is 5.32 Å². The number of benzene rings is 1. The fourth-order valence-electron chi connectivity index (χ4n) is 1.80. The summed E-state index contributed by atoms with van der Waals surface area (Å²) in [6, 6.07) is 5.84. The van der Waals surface area contributed by atoms with Gasteiger partial charge in [-0.25, -0.2) is 17.2 Å². The Balaban J connectivity index is 2.28. The number of aromatic nitrogens is 1. The highest BCUT2D eigenvalue weighted by molar-refractivity contribution is 7.90. The molecule has 0 amide bonds. The van der Waals surface area contributed by atoms with Crippen LogP contribution >= 0.6 is 0 Å². The minimum absolute atomic E-state index is 0.0191. The maximum absolute atomic E-state index is 13.8. The molecule has 4 nitrogen and oxygen atoms in total.